The number of aryl methyl sites for hydroxylation is 1. The molecule has 2 heterocycles. The van der Waals surface area contributed by atoms with Crippen LogP contribution in [0, 0.1) is 0 Å². The second-order valence-corrected chi connectivity index (χ2v) is 9.53. The van der Waals surface area contributed by atoms with E-state index in [2.05, 4.69) is 10.4 Å². The highest BCUT2D eigenvalue weighted by molar-refractivity contribution is 6.10. The maximum Gasteiger partial charge on any atom is 0.325 e. The fourth-order valence-electron chi connectivity index (χ4n) is 5.57. The van der Waals surface area contributed by atoms with Gasteiger partial charge in [-0.15, -0.1) is 0 Å². The van der Waals surface area contributed by atoms with Gasteiger partial charge >= 0.3 is 6.03 Å². The number of urea groups is 1. The maximum atomic E-state index is 13.6. The Morgan fingerprint density at radius 3 is 2.51 bits per heavy atom. The summed E-state index contributed by atoms with van der Waals surface area (Å²) >= 11 is 0. The average Bonchev–Trinajstić information content (AvgIpc) is 3.61. The van der Waals surface area contributed by atoms with E-state index >= 15 is 0 Å². The second-order valence-electron chi connectivity index (χ2n) is 9.53. The summed E-state index contributed by atoms with van der Waals surface area (Å²) in [5, 5.41) is 8.98. The summed E-state index contributed by atoms with van der Waals surface area (Å²) in [6.45, 7) is -0.382. The number of rotatable bonds is 5. The van der Waals surface area contributed by atoms with Gasteiger partial charge in [0.05, 0.1) is 18.9 Å². The molecular weight excluding hydrogens is 468 g/mol. The van der Waals surface area contributed by atoms with Crippen LogP contribution in [0.1, 0.15) is 41.1 Å². The van der Waals surface area contributed by atoms with E-state index < -0.39 is 17.5 Å². The van der Waals surface area contributed by atoms with Crippen molar-refractivity contribution in [2.75, 3.05) is 13.7 Å². The maximum absolute atomic E-state index is 13.6. The van der Waals surface area contributed by atoms with Crippen LogP contribution in [0.3, 0.4) is 0 Å². The molecule has 0 aromatic heterocycles. The number of nitrogens with one attached hydrogen (secondary N) is 1. The Bertz CT molecular complexity index is 1420. The van der Waals surface area contributed by atoms with E-state index in [1.807, 2.05) is 78.9 Å². The van der Waals surface area contributed by atoms with Crippen LogP contribution in [0.5, 0.6) is 5.75 Å². The number of hydrazone groups is 1. The third kappa shape index (κ3) is 3.76. The van der Waals surface area contributed by atoms with Crippen molar-refractivity contribution in [3.8, 4) is 5.75 Å². The van der Waals surface area contributed by atoms with E-state index in [0.29, 0.717) is 25.0 Å². The minimum absolute atomic E-state index is 0.365. The SMILES string of the molecule is COc1ccc([C@@H]2CC(c3ccccc3)=NN2C(=O)CN2C(=O)N[C@]3(CCc4ccccc43)C2=O)cc1. The zero-order valence-corrected chi connectivity index (χ0v) is 20.4. The van der Waals surface area contributed by atoms with Gasteiger partial charge in [0.15, 0.2) is 0 Å². The molecule has 1 aliphatic carbocycles. The van der Waals surface area contributed by atoms with Crippen molar-refractivity contribution in [3.05, 3.63) is 101 Å². The topological polar surface area (TPSA) is 91.3 Å². The first kappa shape index (κ1) is 23.0. The minimum atomic E-state index is -1.10. The molecule has 37 heavy (non-hydrogen) atoms. The first-order valence-electron chi connectivity index (χ1n) is 12.3. The smallest absolute Gasteiger partial charge is 0.325 e. The first-order chi connectivity index (χ1) is 18.0. The summed E-state index contributed by atoms with van der Waals surface area (Å²) < 4.78 is 5.28. The van der Waals surface area contributed by atoms with E-state index in [4.69, 9.17) is 4.74 Å². The number of nitrogens with zero attached hydrogens (tertiary/aromatic N) is 3. The minimum Gasteiger partial charge on any atom is -0.497 e. The van der Waals surface area contributed by atoms with E-state index in [1.165, 1.54) is 5.01 Å². The first-order valence-corrected chi connectivity index (χ1v) is 12.3. The lowest BCUT2D eigenvalue weighted by Gasteiger charge is -2.25. The number of ether oxygens (including phenoxy) is 1. The lowest BCUT2D eigenvalue weighted by molar-refractivity contribution is -0.140. The quantitative estimate of drug-likeness (QED) is 0.547. The Kier molecular flexibility index (Phi) is 5.52. The highest BCUT2D eigenvalue weighted by atomic mass is 16.5. The molecule has 3 aromatic carbocycles. The van der Waals surface area contributed by atoms with Crippen LogP contribution in [0.4, 0.5) is 4.79 Å². The molecule has 6 rings (SSSR count). The molecule has 186 valence electrons. The fourth-order valence-corrected chi connectivity index (χ4v) is 5.57. The molecule has 0 radical (unpaired) electrons. The van der Waals surface area contributed by atoms with Gasteiger partial charge in [0.1, 0.15) is 17.8 Å². The number of imide groups is 1. The largest absolute Gasteiger partial charge is 0.497 e. The van der Waals surface area contributed by atoms with Gasteiger partial charge < -0.3 is 10.1 Å². The molecule has 0 saturated carbocycles. The number of hydrogen-bond acceptors (Lipinski definition) is 5. The monoisotopic (exact) mass is 494 g/mol. The van der Waals surface area contributed by atoms with Crippen LogP contribution < -0.4 is 10.1 Å². The Labute approximate surface area is 214 Å². The van der Waals surface area contributed by atoms with E-state index in [9.17, 15) is 14.4 Å². The average molecular weight is 495 g/mol. The summed E-state index contributed by atoms with van der Waals surface area (Å²) in [5.41, 5.74) is 3.33. The zero-order chi connectivity index (χ0) is 25.6. The summed E-state index contributed by atoms with van der Waals surface area (Å²) in [4.78, 5) is 41.2. The Balaban J connectivity index is 1.29. The van der Waals surface area contributed by atoms with Gasteiger partial charge in [0.2, 0.25) is 0 Å². The van der Waals surface area contributed by atoms with Gasteiger partial charge in [-0.2, -0.15) is 5.10 Å². The molecule has 0 unspecified atom stereocenters. The number of carbonyl (C=O) groups is 3. The Hall–Kier alpha value is -4.46. The van der Waals surface area contributed by atoms with Crippen LogP contribution in [-0.2, 0) is 21.5 Å². The van der Waals surface area contributed by atoms with Crippen molar-refractivity contribution in [2.45, 2.75) is 30.8 Å². The highest BCUT2D eigenvalue weighted by Crippen LogP contribution is 2.41. The number of benzene rings is 3. The van der Waals surface area contributed by atoms with Crippen molar-refractivity contribution >= 4 is 23.6 Å². The molecule has 1 N–H and O–H groups in total. The highest BCUT2D eigenvalue weighted by Gasteiger charge is 2.55. The van der Waals surface area contributed by atoms with Gasteiger partial charge in [0.25, 0.3) is 11.8 Å². The second kappa shape index (κ2) is 8.89. The number of hydrogen-bond donors (Lipinski definition) is 1. The van der Waals surface area contributed by atoms with Crippen LogP contribution in [0.15, 0.2) is 84.0 Å². The molecule has 0 bridgehead atoms. The molecule has 1 saturated heterocycles. The predicted octanol–water partition coefficient (Wildman–Crippen LogP) is 3.77. The molecule has 4 amide bonds. The van der Waals surface area contributed by atoms with Crippen molar-refractivity contribution in [1.82, 2.24) is 15.2 Å². The van der Waals surface area contributed by atoms with Crippen molar-refractivity contribution < 1.29 is 19.1 Å². The predicted molar refractivity (Wildman–Crippen MR) is 137 cm³/mol. The molecule has 3 aliphatic rings. The summed E-state index contributed by atoms with van der Waals surface area (Å²) in [5.74, 6) is -0.0906. The van der Waals surface area contributed by atoms with Gasteiger partial charge in [-0.3, -0.25) is 14.5 Å². The molecule has 2 aliphatic heterocycles. The third-order valence-corrected chi connectivity index (χ3v) is 7.49. The lowest BCUT2D eigenvalue weighted by Crippen LogP contribution is -2.44. The van der Waals surface area contributed by atoms with Crippen molar-refractivity contribution in [2.24, 2.45) is 5.10 Å². The van der Waals surface area contributed by atoms with Gasteiger partial charge in [-0.1, -0.05) is 66.7 Å². The molecule has 3 aromatic rings. The van der Waals surface area contributed by atoms with E-state index in [1.54, 1.807) is 7.11 Å². The van der Waals surface area contributed by atoms with Crippen molar-refractivity contribution in [3.63, 3.8) is 0 Å². The molecular formula is C29H26N4O4. The van der Waals surface area contributed by atoms with Crippen LogP contribution >= 0.6 is 0 Å². The van der Waals surface area contributed by atoms with E-state index in [0.717, 1.165) is 32.9 Å². The standard InChI is InChI=1S/C29H26N4O4/c1-37-22-13-11-21(12-14-22)25-17-24(20-8-3-2-4-9-20)31-33(25)26(34)18-32-27(35)29(30-28(32)36)16-15-19-7-5-6-10-23(19)29/h2-14,25H,15-18H2,1H3,(H,30,36)/t25-,29-/m0/s1. The third-order valence-electron chi connectivity index (χ3n) is 7.49. The number of carbonyl (C=O) groups excluding carboxylic acids is 3. The van der Waals surface area contributed by atoms with Gasteiger partial charge in [-0.05, 0) is 47.2 Å². The number of methoxy groups -OCH3 is 1. The molecule has 8 nitrogen and oxygen atoms in total. The molecule has 1 spiro atoms. The molecule has 1 fully saturated rings. The normalized spacial score (nSPS) is 22.3. The lowest BCUT2D eigenvalue weighted by atomic mass is 9.92. The van der Waals surface area contributed by atoms with Gasteiger partial charge in [-0.25, -0.2) is 9.80 Å². The van der Waals surface area contributed by atoms with Crippen LogP contribution in [-0.4, -0.2) is 47.1 Å². The Morgan fingerprint density at radius 2 is 1.76 bits per heavy atom. The number of fused-ring (bicyclic) bond motifs is 2. The Morgan fingerprint density at radius 1 is 1.03 bits per heavy atom. The number of amides is 4. The zero-order valence-electron chi connectivity index (χ0n) is 20.4. The van der Waals surface area contributed by atoms with Crippen molar-refractivity contribution in [1.29, 1.82) is 0 Å². The van der Waals surface area contributed by atoms with Crippen LogP contribution in [0.2, 0.25) is 0 Å². The summed E-state index contributed by atoms with van der Waals surface area (Å²) in [6, 6.07) is 23.9. The fraction of sp³-hybridized carbons (Fsp3) is 0.241. The molecule has 2 atom stereocenters. The van der Waals surface area contributed by atoms with E-state index in [-0.39, 0.29) is 18.5 Å². The summed E-state index contributed by atoms with van der Waals surface area (Å²) in [6.07, 6.45) is 1.69. The van der Waals surface area contributed by atoms with Gasteiger partial charge in [0, 0.05) is 6.42 Å². The summed E-state index contributed by atoms with van der Waals surface area (Å²) in [7, 11) is 1.60. The van der Waals surface area contributed by atoms with Crippen LogP contribution in [0.25, 0.3) is 0 Å². The molecule has 8 heteroatoms.